The van der Waals surface area contributed by atoms with Gasteiger partial charge in [-0.05, 0) is 30.3 Å². The van der Waals surface area contributed by atoms with Crippen LogP contribution in [0.15, 0.2) is 43.2 Å². The predicted octanol–water partition coefficient (Wildman–Crippen LogP) is 2.71. The second-order valence-electron chi connectivity index (χ2n) is 7.30. The number of nitrogen functional groups attached to an aromatic ring is 2. The number of nitrogens with two attached hydrogens (primary N) is 2. The number of carbonyl (C=O) groups is 1. The summed E-state index contributed by atoms with van der Waals surface area (Å²) in [6, 6.07) is 4.99. The molecule has 0 aliphatic carbocycles. The maximum Gasteiger partial charge on any atom is 0.418 e. The van der Waals surface area contributed by atoms with Crippen molar-refractivity contribution in [2.24, 2.45) is 0 Å². The molecular formula is C21H20F3N7O. The topological polar surface area (TPSA) is 114 Å². The van der Waals surface area contributed by atoms with Crippen LogP contribution in [0.3, 0.4) is 0 Å². The van der Waals surface area contributed by atoms with E-state index in [1.807, 2.05) is 4.90 Å². The minimum Gasteiger partial charge on any atom is -0.398 e. The number of hydrogen-bond acceptors (Lipinski definition) is 7. The Morgan fingerprint density at radius 2 is 1.81 bits per heavy atom. The number of fused-ring (bicyclic) bond motifs is 1. The summed E-state index contributed by atoms with van der Waals surface area (Å²) in [7, 11) is 0. The molecule has 32 heavy (non-hydrogen) atoms. The standard InChI is InChI=1S/C21H20F3N7O/c1-2-18(32)30-5-7-31(8-6-30)20-13-9-15(25)12(10-16(13)27-11-28-20)19-14(21(22,23)24)3-4-17(26)29-19/h2-4,9-11H,1,5-8,25H2,(H2,26,29). The summed E-state index contributed by atoms with van der Waals surface area (Å²) in [4.78, 5) is 28.0. The van der Waals surface area contributed by atoms with Gasteiger partial charge in [0, 0.05) is 42.8 Å². The third-order valence-corrected chi connectivity index (χ3v) is 5.33. The van der Waals surface area contributed by atoms with E-state index in [4.69, 9.17) is 11.5 Å². The number of piperazine rings is 1. The fourth-order valence-electron chi connectivity index (χ4n) is 3.74. The van der Waals surface area contributed by atoms with Crippen LogP contribution in [0.2, 0.25) is 0 Å². The molecule has 1 fully saturated rings. The summed E-state index contributed by atoms with van der Waals surface area (Å²) in [5.74, 6) is 0.402. The van der Waals surface area contributed by atoms with Gasteiger partial charge in [-0.3, -0.25) is 4.79 Å². The predicted molar refractivity (Wildman–Crippen MR) is 116 cm³/mol. The molecule has 1 aromatic carbocycles. The summed E-state index contributed by atoms with van der Waals surface area (Å²) < 4.78 is 40.6. The van der Waals surface area contributed by atoms with Gasteiger partial charge in [-0.15, -0.1) is 0 Å². The molecule has 0 radical (unpaired) electrons. The van der Waals surface area contributed by atoms with Crippen molar-refractivity contribution in [3.8, 4) is 11.3 Å². The maximum atomic E-state index is 13.5. The van der Waals surface area contributed by atoms with Crippen LogP contribution in [-0.4, -0.2) is 51.9 Å². The molecule has 3 heterocycles. The molecule has 0 atom stereocenters. The fourth-order valence-corrected chi connectivity index (χ4v) is 3.74. The minimum absolute atomic E-state index is 0.0529. The van der Waals surface area contributed by atoms with E-state index in [0.717, 1.165) is 12.1 Å². The Hall–Kier alpha value is -3.89. The molecule has 1 aliphatic rings. The van der Waals surface area contributed by atoms with Crippen molar-refractivity contribution in [1.29, 1.82) is 0 Å². The number of halogens is 3. The van der Waals surface area contributed by atoms with Gasteiger partial charge in [0.2, 0.25) is 5.91 Å². The summed E-state index contributed by atoms with van der Waals surface area (Å²) >= 11 is 0. The summed E-state index contributed by atoms with van der Waals surface area (Å²) in [5.41, 5.74) is 11.1. The maximum absolute atomic E-state index is 13.5. The van der Waals surface area contributed by atoms with E-state index >= 15 is 0 Å². The zero-order valence-electron chi connectivity index (χ0n) is 16.9. The van der Waals surface area contributed by atoms with Crippen LogP contribution in [0.1, 0.15) is 5.56 Å². The van der Waals surface area contributed by atoms with Crippen LogP contribution in [0, 0.1) is 0 Å². The molecular weight excluding hydrogens is 423 g/mol. The molecule has 0 unspecified atom stereocenters. The Morgan fingerprint density at radius 3 is 2.47 bits per heavy atom. The van der Waals surface area contributed by atoms with E-state index in [2.05, 4.69) is 21.5 Å². The van der Waals surface area contributed by atoms with Crippen molar-refractivity contribution in [3.63, 3.8) is 0 Å². The third kappa shape index (κ3) is 3.88. The SMILES string of the molecule is C=CC(=O)N1CCN(c2ncnc3cc(-c4nc(N)ccc4C(F)(F)F)c(N)cc23)CC1. The number of rotatable bonds is 3. The second-order valence-corrected chi connectivity index (χ2v) is 7.30. The van der Waals surface area contributed by atoms with Crippen LogP contribution in [0.25, 0.3) is 22.2 Å². The third-order valence-electron chi connectivity index (χ3n) is 5.33. The number of hydrogen-bond donors (Lipinski definition) is 2. The van der Waals surface area contributed by atoms with Gasteiger partial charge >= 0.3 is 6.18 Å². The fraction of sp³-hybridized carbons (Fsp3) is 0.238. The molecule has 8 nitrogen and oxygen atoms in total. The lowest BCUT2D eigenvalue weighted by Gasteiger charge is -2.35. The molecule has 2 aromatic heterocycles. The van der Waals surface area contributed by atoms with Gasteiger partial charge in [0.1, 0.15) is 18.0 Å². The number of alkyl halides is 3. The number of amides is 1. The lowest BCUT2D eigenvalue weighted by atomic mass is 10.0. The Balaban J connectivity index is 1.76. The highest BCUT2D eigenvalue weighted by Crippen LogP contribution is 2.40. The number of nitrogens with zero attached hydrogens (tertiary/aromatic N) is 5. The minimum atomic E-state index is -4.63. The van der Waals surface area contributed by atoms with Crippen LogP contribution in [0.5, 0.6) is 0 Å². The first kappa shape index (κ1) is 21.3. The Labute approximate surface area is 181 Å². The molecule has 0 saturated carbocycles. The average molecular weight is 443 g/mol. The summed E-state index contributed by atoms with van der Waals surface area (Å²) in [5, 5.41) is 0.592. The van der Waals surface area contributed by atoms with Crippen molar-refractivity contribution in [1.82, 2.24) is 19.9 Å². The highest BCUT2D eigenvalue weighted by atomic mass is 19.4. The number of aromatic nitrogens is 3. The van der Waals surface area contributed by atoms with E-state index in [0.29, 0.717) is 42.9 Å². The molecule has 166 valence electrons. The Bertz CT molecular complexity index is 1200. The molecule has 4 N–H and O–H groups in total. The van der Waals surface area contributed by atoms with E-state index < -0.39 is 11.7 Å². The monoisotopic (exact) mass is 443 g/mol. The molecule has 1 saturated heterocycles. The Morgan fingerprint density at radius 1 is 1.09 bits per heavy atom. The lowest BCUT2D eigenvalue weighted by molar-refractivity contribution is -0.137. The molecule has 0 spiro atoms. The quantitative estimate of drug-likeness (QED) is 0.473. The van der Waals surface area contributed by atoms with Crippen LogP contribution < -0.4 is 16.4 Å². The van der Waals surface area contributed by atoms with E-state index in [-0.39, 0.29) is 28.7 Å². The molecule has 1 aliphatic heterocycles. The van der Waals surface area contributed by atoms with Gasteiger partial charge in [0.15, 0.2) is 0 Å². The number of pyridine rings is 1. The van der Waals surface area contributed by atoms with Gasteiger partial charge < -0.3 is 21.3 Å². The van der Waals surface area contributed by atoms with Crippen molar-refractivity contribution < 1.29 is 18.0 Å². The van der Waals surface area contributed by atoms with Crippen molar-refractivity contribution >= 4 is 34.1 Å². The first-order valence-corrected chi connectivity index (χ1v) is 9.73. The van der Waals surface area contributed by atoms with Gasteiger partial charge in [-0.25, -0.2) is 15.0 Å². The van der Waals surface area contributed by atoms with Crippen LogP contribution in [-0.2, 0) is 11.0 Å². The number of benzene rings is 1. The first-order chi connectivity index (χ1) is 15.2. The molecule has 1 amide bonds. The van der Waals surface area contributed by atoms with Crippen molar-refractivity contribution in [3.05, 3.63) is 48.8 Å². The number of anilines is 3. The average Bonchev–Trinajstić information content (AvgIpc) is 2.77. The van der Waals surface area contributed by atoms with Crippen LogP contribution in [0.4, 0.5) is 30.5 Å². The van der Waals surface area contributed by atoms with Gasteiger partial charge in [-0.1, -0.05) is 6.58 Å². The highest BCUT2D eigenvalue weighted by molar-refractivity contribution is 5.97. The van der Waals surface area contributed by atoms with Gasteiger partial charge in [0.05, 0.1) is 16.8 Å². The van der Waals surface area contributed by atoms with E-state index in [1.54, 1.807) is 11.0 Å². The van der Waals surface area contributed by atoms with E-state index in [1.165, 1.54) is 18.5 Å². The van der Waals surface area contributed by atoms with E-state index in [9.17, 15) is 18.0 Å². The smallest absolute Gasteiger partial charge is 0.398 e. The zero-order chi connectivity index (χ0) is 23.0. The summed E-state index contributed by atoms with van der Waals surface area (Å²) in [6.07, 6.45) is -2.01. The summed E-state index contributed by atoms with van der Waals surface area (Å²) in [6.45, 7) is 5.55. The number of carbonyl (C=O) groups excluding carboxylic acids is 1. The lowest BCUT2D eigenvalue weighted by Crippen LogP contribution is -2.48. The molecule has 3 aromatic rings. The van der Waals surface area contributed by atoms with Crippen molar-refractivity contribution in [2.75, 3.05) is 42.5 Å². The molecule has 4 rings (SSSR count). The largest absolute Gasteiger partial charge is 0.418 e. The zero-order valence-corrected chi connectivity index (χ0v) is 16.9. The normalized spacial score (nSPS) is 14.6. The second kappa shape index (κ2) is 7.98. The highest BCUT2D eigenvalue weighted by Gasteiger charge is 2.35. The van der Waals surface area contributed by atoms with Gasteiger partial charge in [0.25, 0.3) is 0 Å². The Kier molecular flexibility index (Phi) is 5.33. The van der Waals surface area contributed by atoms with Crippen LogP contribution >= 0.6 is 0 Å². The molecule has 11 heteroatoms. The molecule has 0 bridgehead atoms. The first-order valence-electron chi connectivity index (χ1n) is 9.73. The van der Waals surface area contributed by atoms with Crippen molar-refractivity contribution in [2.45, 2.75) is 6.18 Å². The van der Waals surface area contributed by atoms with Gasteiger partial charge in [-0.2, -0.15) is 13.2 Å².